The number of para-hydroxylation sites is 2. The number of H-pyrrole nitrogens is 1. The molecule has 0 atom stereocenters. The fourth-order valence-corrected chi connectivity index (χ4v) is 3.43. The topological polar surface area (TPSA) is 92.5 Å². The van der Waals surface area contributed by atoms with Gasteiger partial charge in [0, 0.05) is 10.6 Å². The molecule has 0 amide bonds. The van der Waals surface area contributed by atoms with Crippen LogP contribution in [0.2, 0.25) is 5.02 Å². The Bertz CT molecular complexity index is 1340. The minimum Gasteiger partial charge on any atom is -0.505 e. The van der Waals surface area contributed by atoms with Crippen molar-refractivity contribution in [2.75, 3.05) is 0 Å². The molecule has 0 aliphatic rings. The number of phenols is 1. The van der Waals surface area contributed by atoms with Crippen LogP contribution in [0.4, 0.5) is 0 Å². The number of aromatic amines is 1. The second-order valence-electron chi connectivity index (χ2n) is 8.37. The van der Waals surface area contributed by atoms with Crippen molar-refractivity contribution in [3.05, 3.63) is 70.7 Å². The van der Waals surface area contributed by atoms with E-state index in [4.69, 9.17) is 11.6 Å². The van der Waals surface area contributed by atoms with E-state index < -0.39 is 0 Å². The van der Waals surface area contributed by atoms with Crippen LogP contribution in [0.1, 0.15) is 31.9 Å². The summed E-state index contributed by atoms with van der Waals surface area (Å²) in [7, 11) is 0. The van der Waals surface area contributed by atoms with Crippen LogP contribution in [0, 0.1) is 6.92 Å². The molecule has 0 bridgehead atoms. The lowest BCUT2D eigenvalue weighted by molar-refractivity contribution is 0.440. The zero-order valence-electron chi connectivity index (χ0n) is 17.8. The molecule has 0 radical (unpaired) electrons. The van der Waals surface area contributed by atoms with Crippen molar-refractivity contribution in [2.45, 2.75) is 33.1 Å². The summed E-state index contributed by atoms with van der Waals surface area (Å²) in [6.45, 7) is 8.20. The first-order valence-electron chi connectivity index (χ1n) is 9.85. The third-order valence-corrected chi connectivity index (χ3v) is 5.06. The summed E-state index contributed by atoms with van der Waals surface area (Å²) in [6.07, 6.45) is 0. The smallest absolute Gasteiger partial charge is 0.146 e. The Morgan fingerprint density at radius 3 is 2.16 bits per heavy atom. The van der Waals surface area contributed by atoms with Gasteiger partial charge in [-0.3, -0.25) is 0 Å². The molecule has 5 rings (SSSR count). The molecule has 31 heavy (non-hydrogen) atoms. The van der Waals surface area contributed by atoms with E-state index in [0.717, 1.165) is 27.7 Å². The van der Waals surface area contributed by atoms with E-state index in [1.807, 2.05) is 49.4 Å². The third kappa shape index (κ3) is 4.36. The molecule has 0 fully saturated rings. The first kappa shape index (κ1) is 20.8. The van der Waals surface area contributed by atoms with E-state index >= 15 is 0 Å². The van der Waals surface area contributed by atoms with Crippen molar-refractivity contribution in [1.82, 2.24) is 30.4 Å². The predicted molar refractivity (Wildman–Crippen MR) is 123 cm³/mol. The number of aromatic nitrogens is 6. The summed E-state index contributed by atoms with van der Waals surface area (Å²) in [6, 6.07) is 16.9. The van der Waals surface area contributed by atoms with Crippen molar-refractivity contribution in [3.63, 3.8) is 0 Å². The Balaban J connectivity index is 0.000000212. The summed E-state index contributed by atoms with van der Waals surface area (Å²) in [5.41, 5.74) is 5.61. The summed E-state index contributed by atoms with van der Waals surface area (Å²) in [5, 5.41) is 30.4. The number of nitrogens with one attached hydrogen (secondary N) is 1. The lowest BCUT2D eigenvalue weighted by Gasteiger charge is -2.22. The number of aryl methyl sites for hydroxylation is 1. The number of hydrogen-bond acceptors (Lipinski definition) is 5. The monoisotopic (exact) mass is 434 g/mol. The predicted octanol–water partition coefficient (Wildman–Crippen LogP) is 5.34. The Hall–Kier alpha value is -3.45. The molecule has 2 heterocycles. The van der Waals surface area contributed by atoms with Gasteiger partial charge in [0.25, 0.3) is 0 Å². The molecule has 8 heteroatoms. The minimum atomic E-state index is -0.166. The molecular formula is C23H23ClN6O. The molecule has 0 spiro atoms. The van der Waals surface area contributed by atoms with Crippen molar-refractivity contribution in [2.24, 2.45) is 0 Å². The van der Waals surface area contributed by atoms with E-state index in [-0.39, 0.29) is 11.2 Å². The summed E-state index contributed by atoms with van der Waals surface area (Å²) < 4.78 is 0. The number of nitrogens with zero attached hydrogens (tertiary/aromatic N) is 5. The van der Waals surface area contributed by atoms with Crippen molar-refractivity contribution < 1.29 is 5.11 Å². The molecule has 0 aliphatic carbocycles. The number of aromatic hydroxyl groups is 1. The van der Waals surface area contributed by atoms with Crippen LogP contribution in [0.25, 0.3) is 27.8 Å². The van der Waals surface area contributed by atoms with Crippen LogP contribution in [0.3, 0.4) is 0 Å². The van der Waals surface area contributed by atoms with Crippen LogP contribution in [-0.4, -0.2) is 35.5 Å². The molecule has 158 valence electrons. The maximum atomic E-state index is 10.7. The number of phenolic OH excluding ortho intramolecular Hbond substituents is 1. The average molecular weight is 435 g/mol. The van der Waals surface area contributed by atoms with Gasteiger partial charge in [-0.15, -0.1) is 15.0 Å². The number of benzene rings is 3. The quantitative estimate of drug-likeness (QED) is 0.371. The lowest BCUT2D eigenvalue weighted by Crippen LogP contribution is -2.13. The average Bonchev–Trinajstić information content (AvgIpc) is 3.35. The van der Waals surface area contributed by atoms with Crippen LogP contribution in [0.5, 0.6) is 5.75 Å². The van der Waals surface area contributed by atoms with Crippen LogP contribution in [-0.2, 0) is 5.41 Å². The van der Waals surface area contributed by atoms with E-state index in [2.05, 4.69) is 46.4 Å². The molecule has 0 saturated heterocycles. The number of halogens is 1. The van der Waals surface area contributed by atoms with E-state index in [9.17, 15) is 5.11 Å². The zero-order valence-corrected chi connectivity index (χ0v) is 18.5. The molecule has 2 aromatic heterocycles. The third-order valence-electron chi connectivity index (χ3n) is 4.82. The van der Waals surface area contributed by atoms with Gasteiger partial charge >= 0.3 is 0 Å². The first-order chi connectivity index (χ1) is 14.7. The highest BCUT2D eigenvalue weighted by atomic mass is 35.5. The number of rotatable bonds is 1. The van der Waals surface area contributed by atoms with E-state index in [0.29, 0.717) is 16.2 Å². The van der Waals surface area contributed by atoms with Crippen LogP contribution < -0.4 is 0 Å². The second kappa shape index (κ2) is 8.00. The molecule has 0 aliphatic heterocycles. The van der Waals surface area contributed by atoms with Gasteiger partial charge in [-0.1, -0.05) is 50.6 Å². The molecule has 0 unspecified atom stereocenters. The molecule has 2 N–H and O–H groups in total. The van der Waals surface area contributed by atoms with Gasteiger partial charge in [0.2, 0.25) is 0 Å². The molecule has 5 aromatic rings. The largest absolute Gasteiger partial charge is 0.505 e. The van der Waals surface area contributed by atoms with Crippen molar-refractivity contribution in [1.29, 1.82) is 0 Å². The fraction of sp³-hybridized carbons (Fsp3) is 0.217. The molecular weight excluding hydrogens is 412 g/mol. The van der Waals surface area contributed by atoms with Gasteiger partial charge in [0.15, 0.2) is 0 Å². The van der Waals surface area contributed by atoms with Gasteiger partial charge in [-0.25, -0.2) is 0 Å². The summed E-state index contributed by atoms with van der Waals surface area (Å²) >= 11 is 5.99. The SMILES string of the molecule is Cc1cc(-n2nc3ccc(Cl)cc3n2)c(O)c(C(C)(C)C)c1.c1ccc2n[nH]nc2c1. The second-order valence-corrected chi connectivity index (χ2v) is 8.80. The van der Waals surface area contributed by atoms with Crippen LogP contribution >= 0.6 is 11.6 Å². The minimum absolute atomic E-state index is 0.166. The highest BCUT2D eigenvalue weighted by molar-refractivity contribution is 6.31. The highest BCUT2D eigenvalue weighted by Crippen LogP contribution is 2.36. The Kier molecular flexibility index (Phi) is 5.37. The Labute approximate surface area is 184 Å². The van der Waals surface area contributed by atoms with Gasteiger partial charge in [-0.05, 0) is 54.3 Å². The number of hydrogen-bond donors (Lipinski definition) is 2. The maximum Gasteiger partial charge on any atom is 0.146 e. The molecule has 7 nitrogen and oxygen atoms in total. The Morgan fingerprint density at radius 1 is 0.871 bits per heavy atom. The zero-order chi connectivity index (χ0) is 22.2. The van der Waals surface area contributed by atoms with Gasteiger partial charge < -0.3 is 5.11 Å². The van der Waals surface area contributed by atoms with E-state index in [1.54, 1.807) is 12.1 Å². The first-order valence-corrected chi connectivity index (χ1v) is 10.2. The van der Waals surface area contributed by atoms with E-state index in [1.165, 1.54) is 4.80 Å². The summed E-state index contributed by atoms with van der Waals surface area (Å²) in [4.78, 5) is 1.47. The molecule has 3 aromatic carbocycles. The Morgan fingerprint density at radius 2 is 1.52 bits per heavy atom. The molecule has 0 saturated carbocycles. The maximum absolute atomic E-state index is 10.7. The standard InChI is InChI=1S/C17H18ClN3O.C6H5N3/c1-10-7-12(17(2,3)4)16(22)15(8-10)21-19-13-6-5-11(18)9-14(13)20-21;1-2-4-6-5(3-1)7-9-8-6/h5-9,22H,1-4H3;1-4H,(H,7,8,9). The highest BCUT2D eigenvalue weighted by Gasteiger charge is 2.22. The van der Waals surface area contributed by atoms with Crippen molar-refractivity contribution in [3.8, 4) is 11.4 Å². The lowest BCUT2D eigenvalue weighted by atomic mass is 9.85. The number of fused-ring (bicyclic) bond motifs is 2. The van der Waals surface area contributed by atoms with Gasteiger partial charge in [-0.2, -0.15) is 15.4 Å². The fourth-order valence-electron chi connectivity index (χ4n) is 3.27. The van der Waals surface area contributed by atoms with Gasteiger partial charge in [0.1, 0.15) is 33.5 Å². The van der Waals surface area contributed by atoms with Crippen molar-refractivity contribution >= 4 is 33.7 Å². The normalized spacial score (nSPS) is 11.5. The van der Waals surface area contributed by atoms with Crippen LogP contribution in [0.15, 0.2) is 54.6 Å². The van der Waals surface area contributed by atoms with Gasteiger partial charge in [0.05, 0.1) is 0 Å². The summed E-state index contributed by atoms with van der Waals surface area (Å²) in [5.74, 6) is 0.213.